The van der Waals surface area contributed by atoms with Gasteiger partial charge in [-0.3, -0.25) is 0 Å². The van der Waals surface area contributed by atoms with Crippen LogP contribution in [0.5, 0.6) is 0 Å². The zero-order valence-corrected chi connectivity index (χ0v) is 8.07. The third-order valence-corrected chi connectivity index (χ3v) is 2.25. The van der Waals surface area contributed by atoms with Crippen molar-refractivity contribution in [3.05, 3.63) is 59.9 Å². The highest BCUT2D eigenvalue weighted by Gasteiger charge is 2.06. The molecule has 0 heterocycles. The highest BCUT2D eigenvalue weighted by atomic mass is 19.1. The SMILES string of the molecule is C#Cc1ccccc1-c1ccccc1F. The Morgan fingerprint density at radius 2 is 1.47 bits per heavy atom. The van der Waals surface area contributed by atoms with Crippen LogP contribution in [0.4, 0.5) is 4.39 Å². The predicted octanol–water partition coefficient (Wildman–Crippen LogP) is 3.47. The molecule has 0 atom stereocenters. The molecule has 2 aromatic carbocycles. The van der Waals surface area contributed by atoms with E-state index in [1.807, 2.05) is 24.3 Å². The maximum Gasteiger partial charge on any atom is 0.131 e. The molecule has 0 amide bonds. The lowest BCUT2D eigenvalue weighted by atomic mass is 10.00. The highest BCUT2D eigenvalue weighted by molar-refractivity contribution is 5.71. The molecule has 0 saturated heterocycles. The monoisotopic (exact) mass is 196 g/mol. The van der Waals surface area contributed by atoms with Crippen LogP contribution in [0.3, 0.4) is 0 Å². The van der Waals surface area contributed by atoms with Gasteiger partial charge in [-0.05, 0) is 12.1 Å². The van der Waals surface area contributed by atoms with E-state index < -0.39 is 0 Å². The smallest absolute Gasteiger partial charge is 0.131 e. The van der Waals surface area contributed by atoms with E-state index >= 15 is 0 Å². The van der Waals surface area contributed by atoms with Gasteiger partial charge in [-0.15, -0.1) is 6.42 Å². The van der Waals surface area contributed by atoms with Crippen molar-refractivity contribution in [3.63, 3.8) is 0 Å². The van der Waals surface area contributed by atoms with Crippen molar-refractivity contribution in [3.8, 4) is 23.5 Å². The predicted molar refractivity (Wildman–Crippen MR) is 59.8 cm³/mol. The van der Waals surface area contributed by atoms with E-state index in [4.69, 9.17) is 6.42 Å². The second-order valence-corrected chi connectivity index (χ2v) is 3.17. The molecule has 0 aliphatic heterocycles. The van der Waals surface area contributed by atoms with Crippen molar-refractivity contribution in [2.75, 3.05) is 0 Å². The number of rotatable bonds is 1. The summed E-state index contributed by atoms with van der Waals surface area (Å²) in [5, 5.41) is 0. The average Bonchev–Trinajstić information content (AvgIpc) is 2.30. The summed E-state index contributed by atoms with van der Waals surface area (Å²) in [6, 6.07) is 14.0. The largest absolute Gasteiger partial charge is 0.206 e. The van der Waals surface area contributed by atoms with Crippen LogP contribution in [0, 0.1) is 18.2 Å². The van der Waals surface area contributed by atoms with Gasteiger partial charge in [-0.1, -0.05) is 42.3 Å². The van der Waals surface area contributed by atoms with Crippen LogP contribution in [-0.4, -0.2) is 0 Å². The van der Waals surface area contributed by atoms with Gasteiger partial charge in [0, 0.05) is 16.7 Å². The van der Waals surface area contributed by atoms with Crippen LogP contribution in [0.2, 0.25) is 0 Å². The third kappa shape index (κ3) is 1.75. The van der Waals surface area contributed by atoms with E-state index in [2.05, 4.69) is 5.92 Å². The fourth-order valence-corrected chi connectivity index (χ4v) is 1.52. The molecule has 0 unspecified atom stereocenters. The first-order valence-corrected chi connectivity index (χ1v) is 4.63. The lowest BCUT2D eigenvalue weighted by molar-refractivity contribution is 0.631. The molecule has 15 heavy (non-hydrogen) atoms. The van der Waals surface area contributed by atoms with Crippen LogP contribution in [0.25, 0.3) is 11.1 Å². The van der Waals surface area contributed by atoms with Crippen LogP contribution in [-0.2, 0) is 0 Å². The van der Waals surface area contributed by atoms with E-state index in [1.54, 1.807) is 18.2 Å². The van der Waals surface area contributed by atoms with Gasteiger partial charge in [-0.25, -0.2) is 4.39 Å². The third-order valence-electron chi connectivity index (χ3n) is 2.25. The molecule has 72 valence electrons. The summed E-state index contributed by atoms with van der Waals surface area (Å²) in [6.07, 6.45) is 5.37. The molecule has 0 spiro atoms. The number of hydrogen-bond donors (Lipinski definition) is 0. The van der Waals surface area contributed by atoms with Crippen LogP contribution < -0.4 is 0 Å². The molecule has 2 aromatic rings. The van der Waals surface area contributed by atoms with Crippen molar-refractivity contribution < 1.29 is 4.39 Å². The summed E-state index contributed by atoms with van der Waals surface area (Å²) in [5.74, 6) is 2.30. The summed E-state index contributed by atoms with van der Waals surface area (Å²) in [7, 11) is 0. The van der Waals surface area contributed by atoms with Crippen molar-refractivity contribution in [1.82, 2.24) is 0 Å². The summed E-state index contributed by atoms with van der Waals surface area (Å²) >= 11 is 0. The van der Waals surface area contributed by atoms with E-state index in [0.29, 0.717) is 11.1 Å². The van der Waals surface area contributed by atoms with Crippen LogP contribution in [0.1, 0.15) is 5.56 Å². The number of halogens is 1. The second-order valence-electron chi connectivity index (χ2n) is 3.17. The molecular weight excluding hydrogens is 187 g/mol. The molecule has 0 saturated carbocycles. The van der Waals surface area contributed by atoms with Crippen molar-refractivity contribution in [1.29, 1.82) is 0 Å². The quantitative estimate of drug-likeness (QED) is 0.612. The lowest BCUT2D eigenvalue weighted by Crippen LogP contribution is -1.87. The minimum absolute atomic E-state index is 0.250. The second kappa shape index (κ2) is 3.98. The Kier molecular flexibility index (Phi) is 2.51. The maximum absolute atomic E-state index is 13.5. The first-order valence-electron chi connectivity index (χ1n) is 4.63. The standard InChI is InChI=1S/C14H9F/c1-2-11-7-3-4-8-12(11)13-9-5-6-10-14(13)15/h1,3-10H. The normalized spacial score (nSPS) is 9.60. The molecule has 0 aliphatic carbocycles. The molecule has 0 N–H and O–H groups in total. The topological polar surface area (TPSA) is 0 Å². The van der Waals surface area contributed by atoms with Crippen LogP contribution >= 0.6 is 0 Å². The number of benzene rings is 2. The molecule has 0 nitrogen and oxygen atoms in total. The Labute approximate surface area is 88.4 Å². The van der Waals surface area contributed by atoms with Gasteiger partial charge in [0.15, 0.2) is 0 Å². The van der Waals surface area contributed by atoms with E-state index in [9.17, 15) is 4.39 Å². The number of hydrogen-bond acceptors (Lipinski definition) is 0. The van der Waals surface area contributed by atoms with Gasteiger partial charge >= 0.3 is 0 Å². The first kappa shape index (κ1) is 9.48. The maximum atomic E-state index is 13.5. The van der Waals surface area contributed by atoms with Gasteiger partial charge in [0.2, 0.25) is 0 Å². The Morgan fingerprint density at radius 3 is 2.13 bits per heavy atom. The van der Waals surface area contributed by atoms with Gasteiger partial charge in [0.05, 0.1) is 0 Å². The average molecular weight is 196 g/mol. The van der Waals surface area contributed by atoms with Gasteiger partial charge in [-0.2, -0.15) is 0 Å². The Bertz CT molecular complexity index is 521. The molecule has 0 radical (unpaired) electrons. The minimum atomic E-state index is -0.250. The van der Waals surface area contributed by atoms with Crippen molar-refractivity contribution in [2.45, 2.75) is 0 Å². The molecule has 1 heteroatoms. The summed E-state index contributed by atoms with van der Waals surface area (Å²) in [5.41, 5.74) is 2.02. The molecule has 0 aromatic heterocycles. The van der Waals surface area contributed by atoms with Crippen LogP contribution in [0.15, 0.2) is 48.5 Å². The number of terminal acetylenes is 1. The first-order chi connectivity index (χ1) is 7.33. The van der Waals surface area contributed by atoms with E-state index in [1.165, 1.54) is 6.07 Å². The van der Waals surface area contributed by atoms with Gasteiger partial charge in [0.1, 0.15) is 5.82 Å². The zero-order chi connectivity index (χ0) is 10.7. The molecular formula is C14H9F. The summed E-state index contributed by atoms with van der Waals surface area (Å²) in [4.78, 5) is 0. The van der Waals surface area contributed by atoms with Gasteiger partial charge in [0.25, 0.3) is 0 Å². The lowest BCUT2D eigenvalue weighted by Gasteiger charge is -2.05. The minimum Gasteiger partial charge on any atom is -0.206 e. The summed E-state index contributed by atoms with van der Waals surface area (Å²) in [6.45, 7) is 0. The Hall–Kier alpha value is -2.07. The van der Waals surface area contributed by atoms with Gasteiger partial charge < -0.3 is 0 Å². The van der Waals surface area contributed by atoms with E-state index in [0.717, 1.165) is 5.56 Å². The highest BCUT2D eigenvalue weighted by Crippen LogP contribution is 2.25. The molecule has 0 aliphatic rings. The van der Waals surface area contributed by atoms with Crippen molar-refractivity contribution >= 4 is 0 Å². The molecule has 0 bridgehead atoms. The Morgan fingerprint density at radius 1 is 0.867 bits per heavy atom. The summed E-state index contributed by atoms with van der Waals surface area (Å²) < 4.78 is 13.5. The molecule has 0 fully saturated rings. The molecule has 2 rings (SSSR count). The fraction of sp³-hybridized carbons (Fsp3) is 0. The Balaban J connectivity index is 2.65. The fourth-order valence-electron chi connectivity index (χ4n) is 1.52. The zero-order valence-electron chi connectivity index (χ0n) is 8.07. The van der Waals surface area contributed by atoms with E-state index in [-0.39, 0.29) is 5.82 Å². The van der Waals surface area contributed by atoms with Crippen molar-refractivity contribution in [2.24, 2.45) is 0 Å².